The van der Waals surface area contributed by atoms with Crippen molar-refractivity contribution in [2.75, 3.05) is 19.7 Å². The van der Waals surface area contributed by atoms with Gasteiger partial charge in [0.1, 0.15) is 5.69 Å². The first-order chi connectivity index (χ1) is 17.7. The van der Waals surface area contributed by atoms with Crippen molar-refractivity contribution in [1.82, 2.24) is 29.8 Å². The van der Waals surface area contributed by atoms with Gasteiger partial charge >= 0.3 is 12.3 Å². The van der Waals surface area contributed by atoms with Gasteiger partial charge in [-0.2, -0.15) is 13.2 Å². The Morgan fingerprint density at radius 3 is 2.76 bits per heavy atom. The summed E-state index contributed by atoms with van der Waals surface area (Å²) in [7, 11) is 0. The monoisotopic (exact) mass is 518 g/mol. The third kappa shape index (κ3) is 4.61. The molecule has 194 valence electrons. The van der Waals surface area contributed by atoms with Gasteiger partial charge in [-0.1, -0.05) is 12.1 Å². The number of carboxylic acid groups (broad SMARTS) is 1. The first-order valence-corrected chi connectivity index (χ1v) is 11.5. The highest BCUT2D eigenvalue weighted by molar-refractivity contribution is 5.82. The van der Waals surface area contributed by atoms with Crippen molar-refractivity contribution in [3.8, 4) is 17.3 Å². The molecule has 1 amide bonds. The Kier molecular flexibility index (Phi) is 6.31. The van der Waals surface area contributed by atoms with E-state index in [2.05, 4.69) is 20.5 Å². The number of ether oxygens (including phenoxy) is 1. The minimum absolute atomic E-state index is 0.0243. The lowest BCUT2D eigenvalue weighted by molar-refractivity contribution is -0.185. The maximum Gasteiger partial charge on any atom is 0.413 e. The van der Waals surface area contributed by atoms with Crippen LogP contribution in [0.25, 0.3) is 28.1 Å². The number of nitrogens with one attached hydrogen (secondary N) is 1. The SMILES string of the molecule is CCOc1cc2nc(-c3nnc4ccc([C@@H](N(C(=O)O)C5CCNC5)C(F)(F)F)cn34)ccc2cc1F. The normalized spacial score (nSPS) is 16.8. The van der Waals surface area contributed by atoms with E-state index < -0.39 is 30.2 Å². The van der Waals surface area contributed by atoms with E-state index in [0.717, 1.165) is 0 Å². The fourth-order valence-corrected chi connectivity index (χ4v) is 4.62. The standard InChI is InChI=1S/C24H22F4N6O3/c1-2-37-19-10-18-13(9-16(19)25)3-5-17(30-18)22-32-31-20-6-4-14(12-33(20)22)21(24(26,27)28)34(23(35)36)15-7-8-29-11-15/h3-6,9-10,12,15,21,29H,2,7-8,11H2,1H3,(H,35,36)/t15?,21-/m1/s1. The number of aromatic nitrogens is 4. The van der Waals surface area contributed by atoms with Crippen LogP contribution in [0.1, 0.15) is 24.9 Å². The average Bonchev–Trinajstić information content (AvgIpc) is 3.51. The van der Waals surface area contributed by atoms with Gasteiger partial charge in [-0.05, 0) is 38.1 Å². The van der Waals surface area contributed by atoms with Crippen LogP contribution >= 0.6 is 0 Å². The van der Waals surface area contributed by atoms with Crippen LogP contribution in [-0.4, -0.2) is 67.6 Å². The lowest BCUT2D eigenvalue weighted by Gasteiger charge is -2.35. The van der Waals surface area contributed by atoms with Crippen molar-refractivity contribution in [2.24, 2.45) is 0 Å². The van der Waals surface area contributed by atoms with Crippen molar-refractivity contribution in [3.63, 3.8) is 0 Å². The number of hydrogen-bond acceptors (Lipinski definition) is 6. The van der Waals surface area contributed by atoms with Crippen LogP contribution in [0, 0.1) is 5.82 Å². The number of carbonyl (C=O) groups is 1. The summed E-state index contributed by atoms with van der Waals surface area (Å²) in [5.41, 5.74) is 0.649. The number of nitrogens with zero attached hydrogens (tertiary/aromatic N) is 5. The highest BCUT2D eigenvalue weighted by atomic mass is 19.4. The molecular formula is C24H22F4N6O3. The molecule has 0 radical (unpaired) electrons. The topological polar surface area (TPSA) is 105 Å². The average molecular weight is 518 g/mol. The third-order valence-corrected chi connectivity index (χ3v) is 6.25. The Morgan fingerprint density at radius 2 is 2.08 bits per heavy atom. The van der Waals surface area contributed by atoms with Gasteiger partial charge in [0.05, 0.1) is 12.1 Å². The van der Waals surface area contributed by atoms with Crippen LogP contribution in [0.4, 0.5) is 22.4 Å². The molecule has 0 bridgehead atoms. The number of pyridine rings is 2. The highest BCUT2D eigenvalue weighted by Gasteiger charge is 2.49. The molecule has 1 aliphatic rings. The largest absolute Gasteiger partial charge is 0.491 e. The van der Waals surface area contributed by atoms with Crippen molar-refractivity contribution in [1.29, 1.82) is 0 Å². The van der Waals surface area contributed by atoms with E-state index in [1.54, 1.807) is 19.1 Å². The molecule has 2 N–H and O–H groups in total. The van der Waals surface area contributed by atoms with Crippen LogP contribution in [0.15, 0.2) is 42.6 Å². The molecule has 3 aromatic heterocycles. The molecule has 0 saturated carbocycles. The molecule has 5 rings (SSSR count). The van der Waals surface area contributed by atoms with E-state index in [1.807, 2.05) is 0 Å². The number of hydrogen-bond donors (Lipinski definition) is 2. The number of amides is 1. The Bertz CT molecular complexity index is 1470. The van der Waals surface area contributed by atoms with E-state index in [1.165, 1.54) is 34.9 Å². The molecule has 4 heterocycles. The molecule has 4 aromatic rings. The quantitative estimate of drug-likeness (QED) is 0.364. The molecule has 13 heteroatoms. The fraction of sp³-hybridized carbons (Fsp3) is 0.333. The van der Waals surface area contributed by atoms with Crippen LogP contribution in [-0.2, 0) is 0 Å². The van der Waals surface area contributed by atoms with Gasteiger partial charge in [0.15, 0.2) is 29.1 Å². The number of benzene rings is 1. The predicted molar refractivity (Wildman–Crippen MR) is 125 cm³/mol. The Balaban J connectivity index is 1.61. The number of halogens is 4. The molecule has 9 nitrogen and oxygen atoms in total. The molecule has 1 saturated heterocycles. The number of fused-ring (bicyclic) bond motifs is 2. The first kappa shape index (κ1) is 24.7. The van der Waals surface area contributed by atoms with Crippen LogP contribution in [0.3, 0.4) is 0 Å². The molecule has 1 aliphatic heterocycles. The van der Waals surface area contributed by atoms with Gasteiger partial charge < -0.3 is 15.2 Å². The van der Waals surface area contributed by atoms with E-state index >= 15 is 0 Å². The van der Waals surface area contributed by atoms with Crippen molar-refractivity contribution in [3.05, 3.63) is 54.0 Å². The molecule has 0 aliphatic carbocycles. The second-order valence-corrected chi connectivity index (χ2v) is 8.60. The molecule has 1 unspecified atom stereocenters. The number of rotatable bonds is 6. The third-order valence-electron chi connectivity index (χ3n) is 6.25. The smallest absolute Gasteiger partial charge is 0.413 e. The Hall–Kier alpha value is -4.00. The summed E-state index contributed by atoms with van der Waals surface area (Å²) in [5.74, 6) is -0.373. The second kappa shape index (κ2) is 9.47. The Morgan fingerprint density at radius 1 is 1.27 bits per heavy atom. The number of alkyl halides is 3. The van der Waals surface area contributed by atoms with Gasteiger partial charge in [-0.3, -0.25) is 9.30 Å². The van der Waals surface area contributed by atoms with Crippen LogP contribution < -0.4 is 10.1 Å². The van der Waals surface area contributed by atoms with E-state index in [-0.39, 0.29) is 48.1 Å². The van der Waals surface area contributed by atoms with E-state index in [0.29, 0.717) is 22.3 Å². The minimum Gasteiger partial charge on any atom is -0.491 e. The van der Waals surface area contributed by atoms with Crippen molar-refractivity contribution in [2.45, 2.75) is 31.6 Å². The van der Waals surface area contributed by atoms with Crippen molar-refractivity contribution < 1.29 is 32.2 Å². The van der Waals surface area contributed by atoms with Crippen molar-refractivity contribution >= 4 is 22.6 Å². The zero-order valence-corrected chi connectivity index (χ0v) is 19.5. The maximum absolute atomic E-state index is 14.3. The molecule has 1 fully saturated rings. The second-order valence-electron chi connectivity index (χ2n) is 8.60. The zero-order valence-electron chi connectivity index (χ0n) is 19.5. The highest BCUT2D eigenvalue weighted by Crippen LogP contribution is 2.40. The maximum atomic E-state index is 14.3. The summed E-state index contributed by atoms with van der Waals surface area (Å²) >= 11 is 0. The van der Waals surface area contributed by atoms with E-state index in [4.69, 9.17) is 4.74 Å². The van der Waals surface area contributed by atoms with Gasteiger partial charge in [-0.25, -0.2) is 14.2 Å². The molecule has 0 spiro atoms. The van der Waals surface area contributed by atoms with Gasteiger partial charge in [0.25, 0.3) is 0 Å². The summed E-state index contributed by atoms with van der Waals surface area (Å²) < 4.78 is 63.8. The lowest BCUT2D eigenvalue weighted by Crippen LogP contribution is -2.48. The summed E-state index contributed by atoms with van der Waals surface area (Å²) in [6.07, 6.45) is -5.08. The Labute approximate surface area is 207 Å². The summed E-state index contributed by atoms with van der Waals surface area (Å²) in [6.45, 7) is 2.53. The van der Waals surface area contributed by atoms with Gasteiger partial charge in [0.2, 0.25) is 0 Å². The zero-order chi connectivity index (χ0) is 26.3. The molecule has 37 heavy (non-hydrogen) atoms. The van der Waals surface area contributed by atoms with Crippen LogP contribution in [0.5, 0.6) is 5.75 Å². The van der Waals surface area contributed by atoms with Gasteiger partial charge in [0, 0.05) is 35.8 Å². The molecule has 2 atom stereocenters. The summed E-state index contributed by atoms with van der Waals surface area (Å²) in [5, 5.41) is 21.3. The molecular weight excluding hydrogens is 496 g/mol. The van der Waals surface area contributed by atoms with Crippen LogP contribution in [0.2, 0.25) is 0 Å². The molecule has 1 aromatic carbocycles. The lowest BCUT2D eigenvalue weighted by atomic mass is 10.0. The minimum atomic E-state index is -4.87. The summed E-state index contributed by atoms with van der Waals surface area (Å²) in [6, 6.07) is 5.21. The van der Waals surface area contributed by atoms with E-state index in [9.17, 15) is 27.5 Å². The van der Waals surface area contributed by atoms with Gasteiger partial charge in [-0.15, -0.1) is 10.2 Å². The summed E-state index contributed by atoms with van der Waals surface area (Å²) in [4.78, 5) is 17.0. The predicted octanol–water partition coefficient (Wildman–Crippen LogP) is 4.43. The first-order valence-electron chi connectivity index (χ1n) is 11.5. The fourth-order valence-electron chi connectivity index (χ4n) is 4.62.